The molecule has 13 heavy (non-hydrogen) atoms. The number of nitrogens with zero attached hydrogens (tertiary/aromatic N) is 1. The van der Waals surface area contributed by atoms with E-state index in [1.165, 1.54) is 6.08 Å². The van der Waals surface area contributed by atoms with Crippen LogP contribution in [0.3, 0.4) is 0 Å². The summed E-state index contributed by atoms with van der Waals surface area (Å²) in [7, 11) is 0. The van der Waals surface area contributed by atoms with Crippen molar-refractivity contribution in [3.05, 3.63) is 45.9 Å². The molecule has 0 saturated carbocycles. The molecule has 0 amide bonds. The van der Waals surface area contributed by atoms with Crippen LogP contribution >= 0.6 is 0 Å². The second-order valence-electron chi connectivity index (χ2n) is 1.65. The van der Waals surface area contributed by atoms with E-state index in [0.29, 0.717) is 0 Å². The van der Waals surface area contributed by atoms with E-state index in [9.17, 15) is 15.2 Å². The van der Waals surface area contributed by atoms with Crippen molar-refractivity contribution in [3.8, 4) is 0 Å². The van der Waals surface area contributed by atoms with Gasteiger partial charge in [0.25, 0.3) is 0 Å². The Morgan fingerprint density at radius 1 is 1.46 bits per heavy atom. The van der Waals surface area contributed by atoms with E-state index in [4.69, 9.17) is 0 Å². The molecule has 5 nitrogen and oxygen atoms in total. The summed E-state index contributed by atoms with van der Waals surface area (Å²) in [5.41, 5.74) is 2.44. The number of allylic oxidation sites excluding steroid dienone is 1. The van der Waals surface area contributed by atoms with Crippen molar-refractivity contribution in [1.29, 1.82) is 0 Å². The predicted molar refractivity (Wildman–Crippen MR) is 32.9 cm³/mol. The molecule has 0 saturated heterocycles. The molecule has 60 valence electrons. The molecule has 1 N–H and O–H groups in total. The first-order valence-corrected chi connectivity index (χ1v) is 2.53. The van der Waals surface area contributed by atoms with Crippen molar-refractivity contribution in [3.63, 3.8) is 0 Å². The van der Waals surface area contributed by atoms with Gasteiger partial charge >= 0.3 is 63.3 Å². The van der Waals surface area contributed by atoms with Crippen LogP contribution in [0.4, 0.5) is 0 Å². The summed E-state index contributed by atoms with van der Waals surface area (Å²) >= 11 is 0. The summed E-state index contributed by atoms with van der Waals surface area (Å²) in [4.78, 5) is 9.28. The Morgan fingerprint density at radius 3 is 2.31 bits per heavy atom. The van der Waals surface area contributed by atoms with Gasteiger partial charge in [0.05, 0.1) is 0 Å². The van der Waals surface area contributed by atoms with Gasteiger partial charge in [0.15, 0.2) is 0 Å². The molecule has 0 atom stereocenters. The minimum atomic E-state index is -0.723. The van der Waals surface area contributed by atoms with Gasteiger partial charge in [-0.1, -0.05) is 6.08 Å². The number of hydrogen-bond donors (Lipinski definition) is 0. The Balaban J connectivity index is -0.000000333. The van der Waals surface area contributed by atoms with Crippen molar-refractivity contribution >= 4 is 0 Å². The summed E-state index contributed by atoms with van der Waals surface area (Å²) in [6, 6.07) is -0.428. The standard InChI is InChI=1S/C6H4NO3.Hg.Na.H2O/c8-6-4-2-1-3-5(6)7(9)10;;;/h2-4,8H;;;1H2/q;2*+1;/p-2. The Bertz CT molecular complexity index is 259. The fourth-order valence-corrected chi connectivity index (χ4v) is 0.550. The number of hydrogen-bond acceptors (Lipinski definition) is 4. The SMILES string of the molecule is O=[N+]([O-])[C]1C=C=CC=C1[O-].[Hg+].[Na+].[OH-]. The van der Waals surface area contributed by atoms with Crippen LogP contribution in [-0.2, 0) is 27.7 Å². The fourth-order valence-electron chi connectivity index (χ4n) is 0.550. The molecule has 0 fully saturated rings. The first-order valence-electron chi connectivity index (χ1n) is 2.53. The molecule has 7 heteroatoms. The molecule has 0 aromatic rings. The molecule has 0 aromatic heterocycles. The number of rotatable bonds is 1. The fraction of sp³-hybridized carbons (Fsp3) is 0. The molecule has 0 bridgehead atoms. The van der Waals surface area contributed by atoms with Crippen LogP contribution < -0.4 is 34.7 Å². The first-order chi connectivity index (χ1) is 4.72. The van der Waals surface area contributed by atoms with Crippen LogP contribution in [0.25, 0.3) is 0 Å². The van der Waals surface area contributed by atoms with Gasteiger partial charge in [-0.3, -0.25) is 10.1 Å². The van der Waals surface area contributed by atoms with Gasteiger partial charge in [0.1, 0.15) is 0 Å². The zero-order valence-electron chi connectivity index (χ0n) is 7.06. The monoisotopic (exact) mass is 379 g/mol. The molecule has 2 radical (unpaired) electrons. The zero-order valence-corrected chi connectivity index (χ0v) is 14.6. The molecule has 0 aliphatic heterocycles. The third kappa shape index (κ3) is 5.62. The summed E-state index contributed by atoms with van der Waals surface area (Å²) in [6.07, 6.45) is 3.51. The van der Waals surface area contributed by atoms with Gasteiger partial charge in [0, 0.05) is 11.0 Å². The van der Waals surface area contributed by atoms with Crippen LogP contribution in [0, 0.1) is 16.2 Å². The van der Waals surface area contributed by atoms with Gasteiger partial charge in [-0.15, -0.1) is 5.73 Å². The summed E-state index contributed by atoms with van der Waals surface area (Å²) in [5.74, 6) is -0.580. The average Bonchev–Trinajstić information content (AvgIpc) is 1.88. The first kappa shape index (κ1) is 19.0. The van der Waals surface area contributed by atoms with E-state index in [2.05, 4.69) is 5.73 Å². The molecule has 1 aliphatic carbocycles. The van der Waals surface area contributed by atoms with Gasteiger partial charge in [0.2, 0.25) is 0 Å². The number of nitro groups is 1. The van der Waals surface area contributed by atoms with E-state index >= 15 is 0 Å². The minimum absolute atomic E-state index is 0. The van der Waals surface area contributed by atoms with E-state index in [-0.39, 0.29) is 62.7 Å². The zero-order chi connectivity index (χ0) is 7.56. The minimum Gasteiger partial charge on any atom is -0.870 e. The Hall–Kier alpha value is 0.355. The van der Waals surface area contributed by atoms with Crippen LogP contribution in [-0.4, -0.2) is 10.4 Å². The molecule has 1 aliphatic rings. The average molecular weight is 378 g/mol. The van der Waals surface area contributed by atoms with E-state index in [1.807, 2.05) is 0 Å². The summed E-state index contributed by atoms with van der Waals surface area (Å²) in [5, 5.41) is 20.6. The molecule has 0 unspecified atom stereocenters. The van der Waals surface area contributed by atoms with Crippen LogP contribution in [0.5, 0.6) is 0 Å². The third-order valence-electron chi connectivity index (χ3n) is 1.00. The Morgan fingerprint density at radius 2 is 2.00 bits per heavy atom. The molecular weight excluding hydrogens is 374 g/mol. The van der Waals surface area contributed by atoms with Crippen LogP contribution in [0.1, 0.15) is 0 Å². The molecule has 1 rings (SSSR count). The topological polar surface area (TPSA) is 96.2 Å². The smallest absolute Gasteiger partial charge is 0.870 e. The van der Waals surface area contributed by atoms with Crippen molar-refractivity contribution in [1.82, 2.24) is 0 Å². The Kier molecular flexibility index (Phi) is 13.1. The quantitative estimate of drug-likeness (QED) is 0.206. The van der Waals surface area contributed by atoms with Crippen molar-refractivity contribution < 1.29 is 72.7 Å². The third-order valence-corrected chi connectivity index (χ3v) is 1.00. The van der Waals surface area contributed by atoms with E-state index in [1.54, 1.807) is 0 Å². The predicted octanol–water partition coefficient (Wildman–Crippen LogP) is -3.41. The second kappa shape index (κ2) is 8.93. The molecule has 0 heterocycles. The maximum atomic E-state index is 10.6. The normalized spacial score (nSPS) is 13.1. The van der Waals surface area contributed by atoms with E-state index < -0.39 is 16.7 Å². The van der Waals surface area contributed by atoms with Gasteiger partial charge in [-0.05, 0) is 11.8 Å². The van der Waals surface area contributed by atoms with Crippen molar-refractivity contribution in [2.45, 2.75) is 0 Å². The molecule has 0 spiro atoms. The van der Waals surface area contributed by atoms with E-state index in [0.717, 1.165) is 12.2 Å². The maximum Gasteiger partial charge on any atom is 1.00 e. The van der Waals surface area contributed by atoms with Gasteiger partial charge in [-0.25, -0.2) is 0 Å². The largest absolute Gasteiger partial charge is 1.00 e. The second-order valence-corrected chi connectivity index (χ2v) is 1.65. The van der Waals surface area contributed by atoms with Gasteiger partial charge < -0.3 is 10.6 Å². The van der Waals surface area contributed by atoms with Crippen molar-refractivity contribution in [2.24, 2.45) is 0 Å². The van der Waals surface area contributed by atoms with Crippen LogP contribution in [0.15, 0.2) is 29.7 Å². The van der Waals surface area contributed by atoms with Gasteiger partial charge in [-0.2, -0.15) is 0 Å². The Labute approximate surface area is 117 Å². The maximum absolute atomic E-state index is 10.6. The molecule has 0 aromatic carbocycles. The summed E-state index contributed by atoms with van der Waals surface area (Å²) < 4.78 is 0. The molecular formula is C6H4HgNNaO4. The van der Waals surface area contributed by atoms with Crippen molar-refractivity contribution in [2.75, 3.05) is 0 Å². The summed E-state index contributed by atoms with van der Waals surface area (Å²) in [6.45, 7) is 0. The van der Waals surface area contributed by atoms with Crippen LogP contribution in [0.2, 0.25) is 0 Å².